The predicted molar refractivity (Wildman–Crippen MR) is 122 cm³/mol. The Kier molecular flexibility index (Phi) is 6.41. The summed E-state index contributed by atoms with van der Waals surface area (Å²) in [5.41, 5.74) is 2.82. The number of hydrogen-bond donors (Lipinski definition) is 1. The van der Waals surface area contributed by atoms with Crippen molar-refractivity contribution in [2.75, 3.05) is 51.8 Å². The van der Waals surface area contributed by atoms with E-state index in [0.29, 0.717) is 38.2 Å². The quantitative estimate of drug-likeness (QED) is 0.769. The Hall–Kier alpha value is -2.78. The van der Waals surface area contributed by atoms with E-state index in [9.17, 15) is 9.18 Å². The van der Waals surface area contributed by atoms with Gasteiger partial charge in [-0.2, -0.15) is 0 Å². The lowest BCUT2D eigenvalue weighted by atomic mass is 10.0. The molecule has 33 heavy (non-hydrogen) atoms. The standard InChI is InChI=1S/C24H31FN6O2/c1-29-9-10-31(22(16-29)17-3-2-4-19(25)13-17)24(32)30-8-5-18-14-26-23(28-21(18)15-30)27-20-6-11-33-12-7-20/h2-4,13-14,20,22H,5-12,15-16H2,1H3,(H,26,27,28)/t22-/m0/s1. The summed E-state index contributed by atoms with van der Waals surface area (Å²) in [6.45, 7) is 4.68. The van der Waals surface area contributed by atoms with Gasteiger partial charge in [0.2, 0.25) is 5.95 Å². The Bertz CT molecular complexity index is 999. The summed E-state index contributed by atoms with van der Waals surface area (Å²) in [6, 6.07) is 6.72. The van der Waals surface area contributed by atoms with Crippen molar-refractivity contribution in [3.8, 4) is 0 Å². The van der Waals surface area contributed by atoms with E-state index >= 15 is 0 Å². The summed E-state index contributed by atoms with van der Waals surface area (Å²) < 4.78 is 19.3. The monoisotopic (exact) mass is 454 g/mol. The summed E-state index contributed by atoms with van der Waals surface area (Å²) in [4.78, 5) is 28.8. The van der Waals surface area contributed by atoms with E-state index in [1.165, 1.54) is 12.1 Å². The van der Waals surface area contributed by atoms with Crippen LogP contribution in [0.1, 0.15) is 35.7 Å². The van der Waals surface area contributed by atoms with Crippen molar-refractivity contribution in [1.82, 2.24) is 24.7 Å². The van der Waals surface area contributed by atoms with E-state index in [2.05, 4.69) is 15.2 Å². The number of halogens is 1. The first-order chi connectivity index (χ1) is 16.1. The SMILES string of the molecule is CN1CCN(C(=O)N2CCc3cnc(NC4CCOCC4)nc3C2)[C@H](c2cccc(F)c2)C1. The maximum Gasteiger partial charge on any atom is 0.320 e. The average molecular weight is 455 g/mol. The van der Waals surface area contributed by atoms with E-state index in [0.717, 1.165) is 55.8 Å². The smallest absolute Gasteiger partial charge is 0.320 e. The predicted octanol–water partition coefficient (Wildman–Crippen LogP) is 2.67. The molecule has 2 saturated heterocycles. The topological polar surface area (TPSA) is 73.8 Å². The molecule has 2 fully saturated rings. The number of hydrogen-bond acceptors (Lipinski definition) is 6. The highest BCUT2D eigenvalue weighted by Gasteiger charge is 2.34. The van der Waals surface area contributed by atoms with Gasteiger partial charge < -0.3 is 24.8 Å². The molecule has 0 radical (unpaired) electrons. The Morgan fingerprint density at radius 2 is 2.06 bits per heavy atom. The zero-order valence-electron chi connectivity index (χ0n) is 19.0. The molecule has 0 aliphatic carbocycles. The number of fused-ring (bicyclic) bond motifs is 1. The third-order valence-electron chi connectivity index (χ3n) is 6.83. The first kappa shape index (κ1) is 22.0. The molecule has 1 aromatic carbocycles. The van der Waals surface area contributed by atoms with Gasteiger partial charge in [0.1, 0.15) is 5.82 Å². The highest BCUT2D eigenvalue weighted by molar-refractivity contribution is 5.75. The van der Waals surface area contributed by atoms with E-state index < -0.39 is 0 Å². The van der Waals surface area contributed by atoms with Gasteiger partial charge in [-0.1, -0.05) is 12.1 Å². The van der Waals surface area contributed by atoms with Gasteiger partial charge in [-0.05, 0) is 49.6 Å². The van der Waals surface area contributed by atoms with Crippen LogP contribution < -0.4 is 5.32 Å². The molecule has 3 aliphatic heterocycles. The fraction of sp³-hybridized carbons (Fsp3) is 0.542. The number of piperazine rings is 1. The summed E-state index contributed by atoms with van der Waals surface area (Å²) in [5, 5.41) is 3.42. The fourth-order valence-corrected chi connectivity index (χ4v) is 4.89. The molecule has 2 amide bonds. The van der Waals surface area contributed by atoms with Gasteiger partial charge in [-0.25, -0.2) is 19.2 Å². The lowest BCUT2D eigenvalue weighted by Gasteiger charge is -2.43. The maximum absolute atomic E-state index is 13.9. The van der Waals surface area contributed by atoms with Crippen molar-refractivity contribution in [2.24, 2.45) is 0 Å². The highest BCUT2D eigenvalue weighted by atomic mass is 19.1. The third kappa shape index (κ3) is 4.94. The van der Waals surface area contributed by atoms with Crippen molar-refractivity contribution in [1.29, 1.82) is 0 Å². The maximum atomic E-state index is 13.9. The molecule has 1 atom stereocenters. The van der Waals surface area contributed by atoms with Crippen LogP contribution in [-0.2, 0) is 17.7 Å². The summed E-state index contributed by atoms with van der Waals surface area (Å²) in [5.74, 6) is 0.341. The molecule has 5 rings (SSSR count). The molecule has 1 N–H and O–H groups in total. The first-order valence-electron chi connectivity index (χ1n) is 11.8. The Morgan fingerprint density at radius 3 is 2.88 bits per heavy atom. The molecule has 0 saturated carbocycles. The number of rotatable bonds is 3. The van der Waals surface area contributed by atoms with Crippen LogP contribution in [0.2, 0.25) is 0 Å². The molecule has 4 heterocycles. The molecule has 2 aromatic rings. The lowest BCUT2D eigenvalue weighted by Crippen LogP contribution is -2.54. The number of nitrogens with zero attached hydrogens (tertiary/aromatic N) is 5. The Labute approximate surface area is 193 Å². The van der Waals surface area contributed by atoms with E-state index in [-0.39, 0.29) is 17.9 Å². The van der Waals surface area contributed by atoms with E-state index in [4.69, 9.17) is 9.72 Å². The van der Waals surface area contributed by atoms with Crippen LogP contribution in [0.15, 0.2) is 30.5 Å². The minimum atomic E-state index is -0.277. The van der Waals surface area contributed by atoms with Gasteiger partial charge in [0.15, 0.2) is 0 Å². The largest absolute Gasteiger partial charge is 0.381 e. The summed E-state index contributed by atoms with van der Waals surface area (Å²) in [6.07, 6.45) is 4.50. The molecule has 1 aromatic heterocycles. The Balaban J connectivity index is 1.31. The zero-order chi connectivity index (χ0) is 22.8. The normalized spacial score (nSPS) is 22.2. The molecule has 0 bridgehead atoms. The van der Waals surface area contributed by atoms with Crippen molar-refractivity contribution < 1.29 is 13.9 Å². The van der Waals surface area contributed by atoms with E-state index in [1.54, 1.807) is 6.07 Å². The molecule has 0 spiro atoms. The number of benzene rings is 1. The fourth-order valence-electron chi connectivity index (χ4n) is 4.89. The number of aromatic nitrogens is 2. The number of ether oxygens (including phenoxy) is 1. The molecular formula is C24H31FN6O2. The number of amides is 2. The zero-order valence-corrected chi connectivity index (χ0v) is 19.0. The number of likely N-dealkylation sites (N-methyl/N-ethyl adjacent to an activating group) is 1. The van der Waals surface area contributed by atoms with Gasteiger partial charge in [-0.3, -0.25) is 0 Å². The van der Waals surface area contributed by atoms with E-state index in [1.807, 2.05) is 29.1 Å². The van der Waals surface area contributed by atoms with Crippen LogP contribution in [-0.4, -0.2) is 83.2 Å². The van der Waals surface area contributed by atoms with Crippen molar-refractivity contribution >= 4 is 12.0 Å². The number of nitrogens with one attached hydrogen (secondary N) is 1. The number of carbonyl (C=O) groups excluding carboxylic acids is 1. The Morgan fingerprint density at radius 1 is 1.21 bits per heavy atom. The van der Waals surface area contributed by atoms with Gasteiger partial charge in [-0.15, -0.1) is 0 Å². The van der Waals surface area contributed by atoms with Crippen LogP contribution in [0.4, 0.5) is 15.1 Å². The molecule has 3 aliphatic rings. The summed E-state index contributed by atoms with van der Waals surface area (Å²) >= 11 is 0. The van der Waals surface area contributed by atoms with Crippen LogP contribution in [0.5, 0.6) is 0 Å². The molecule has 8 nitrogen and oxygen atoms in total. The lowest BCUT2D eigenvalue weighted by molar-refractivity contribution is 0.0815. The van der Waals surface area contributed by atoms with Crippen molar-refractivity contribution in [2.45, 2.75) is 37.9 Å². The second-order valence-electron chi connectivity index (χ2n) is 9.18. The second kappa shape index (κ2) is 9.61. The number of urea groups is 1. The first-order valence-corrected chi connectivity index (χ1v) is 11.8. The van der Waals surface area contributed by atoms with Crippen molar-refractivity contribution in [3.63, 3.8) is 0 Å². The third-order valence-corrected chi connectivity index (χ3v) is 6.83. The van der Waals surface area contributed by atoms with Crippen LogP contribution in [0, 0.1) is 5.82 Å². The van der Waals surface area contributed by atoms with Crippen LogP contribution >= 0.6 is 0 Å². The van der Waals surface area contributed by atoms with Gasteiger partial charge >= 0.3 is 6.03 Å². The van der Waals surface area contributed by atoms with Crippen LogP contribution in [0.3, 0.4) is 0 Å². The molecular weight excluding hydrogens is 423 g/mol. The van der Waals surface area contributed by atoms with Gasteiger partial charge in [0.05, 0.1) is 18.3 Å². The summed E-state index contributed by atoms with van der Waals surface area (Å²) in [7, 11) is 2.04. The highest BCUT2D eigenvalue weighted by Crippen LogP contribution is 2.28. The average Bonchev–Trinajstić information content (AvgIpc) is 2.84. The molecule has 0 unspecified atom stereocenters. The molecule has 9 heteroatoms. The minimum absolute atomic E-state index is 0.0134. The van der Waals surface area contributed by atoms with Gasteiger partial charge in [0.25, 0.3) is 0 Å². The number of anilines is 1. The number of carbonyl (C=O) groups is 1. The minimum Gasteiger partial charge on any atom is -0.381 e. The second-order valence-corrected chi connectivity index (χ2v) is 9.18. The van der Waals surface area contributed by atoms with Crippen LogP contribution in [0.25, 0.3) is 0 Å². The van der Waals surface area contributed by atoms with Crippen molar-refractivity contribution in [3.05, 3.63) is 53.1 Å². The molecule has 176 valence electrons. The van der Waals surface area contributed by atoms with Gasteiger partial charge in [0, 0.05) is 51.6 Å².